The van der Waals surface area contributed by atoms with E-state index in [-0.39, 0.29) is 17.8 Å². The van der Waals surface area contributed by atoms with Gasteiger partial charge in [-0.2, -0.15) is 0 Å². The third-order valence-corrected chi connectivity index (χ3v) is 3.97. The van der Waals surface area contributed by atoms with E-state index in [0.29, 0.717) is 25.7 Å². The van der Waals surface area contributed by atoms with E-state index in [1.807, 2.05) is 18.9 Å². The molecule has 1 heterocycles. The van der Waals surface area contributed by atoms with Crippen molar-refractivity contribution in [3.8, 4) is 0 Å². The van der Waals surface area contributed by atoms with Crippen molar-refractivity contribution in [1.82, 2.24) is 9.80 Å². The van der Waals surface area contributed by atoms with E-state index < -0.39 is 0 Å². The van der Waals surface area contributed by atoms with Crippen molar-refractivity contribution >= 4 is 11.9 Å². The van der Waals surface area contributed by atoms with E-state index in [1.165, 1.54) is 0 Å². The third kappa shape index (κ3) is 3.93. The lowest BCUT2D eigenvalue weighted by molar-refractivity contribution is -0.150. The molecule has 0 aromatic carbocycles. The van der Waals surface area contributed by atoms with Crippen molar-refractivity contribution < 1.29 is 14.3 Å². The molecule has 0 spiro atoms. The summed E-state index contributed by atoms with van der Waals surface area (Å²) >= 11 is 0. The summed E-state index contributed by atoms with van der Waals surface area (Å²) in [6.07, 6.45) is 4.10. The average Bonchev–Trinajstić information content (AvgIpc) is 3.22. The number of hydrogen-bond acceptors (Lipinski definition) is 4. The normalized spacial score (nSPS) is 24.0. The van der Waals surface area contributed by atoms with Gasteiger partial charge in [0.2, 0.25) is 5.91 Å². The second kappa shape index (κ2) is 6.37. The summed E-state index contributed by atoms with van der Waals surface area (Å²) in [4.78, 5) is 27.7. The number of carbonyl (C=O) groups excluding carboxylic acids is 2. The summed E-state index contributed by atoms with van der Waals surface area (Å²) in [6.45, 7) is 4.25. The molecule has 0 aromatic rings. The fourth-order valence-corrected chi connectivity index (χ4v) is 2.62. The standard InChI is InChI=1S/C14H24N2O3/c1-3-19-14(18)11-5-4-8-16(9-11)10-13(17)15(2)12-6-7-12/h11-12H,3-10H2,1-2H3/t11-/m1/s1. The Kier molecular flexibility index (Phi) is 4.80. The Labute approximate surface area is 114 Å². The zero-order valence-corrected chi connectivity index (χ0v) is 11.9. The lowest BCUT2D eigenvalue weighted by Crippen LogP contribution is -2.45. The lowest BCUT2D eigenvalue weighted by Gasteiger charge is -2.32. The van der Waals surface area contributed by atoms with Gasteiger partial charge in [-0.1, -0.05) is 0 Å². The van der Waals surface area contributed by atoms with Gasteiger partial charge in [-0.05, 0) is 39.2 Å². The van der Waals surface area contributed by atoms with Crippen LogP contribution >= 0.6 is 0 Å². The predicted octanol–water partition coefficient (Wildman–Crippen LogP) is 0.882. The van der Waals surface area contributed by atoms with Crippen LogP contribution in [0, 0.1) is 5.92 Å². The fraction of sp³-hybridized carbons (Fsp3) is 0.857. The van der Waals surface area contributed by atoms with Crippen molar-refractivity contribution in [2.75, 3.05) is 33.3 Å². The van der Waals surface area contributed by atoms with Gasteiger partial charge < -0.3 is 9.64 Å². The van der Waals surface area contributed by atoms with Gasteiger partial charge in [-0.3, -0.25) is 14.5 Å². The largest absolute Gasteiger partial charge is 0.466 e. The highest BCUT2D eigenvalue weighted by atomic mass is 16.5. The number of ether oxygens (including phenoxy) is 1. The van der Waals surface area contributed by atoms with Gasteiger partial charge in [-0.15, -0.1) is 0 Å². The number of carbonyl (C=O) groups is 2. The second-order valence-corrected chi connectivity index (χ2v) is 5.56. The van der Waals surface area contributed by atoms with Gasteiger partial charge >= 0.3 is 5.97 Å². The van der Waals surface area contributed by atoms with Gasteiger partial charge in [0.05, 0.1) is 19.1 Å². The molecule has 0 aromatic heterocycles. The van der Waals surface area contributed by atoms with Gasteiger partial charge in [-0.25, -0.2) is 0 Å². The highest BCUT2D eigenvalue weighted by molar-refractivity contribution is 5.79. The molecule has 1 aliphatic carbocycles. The van der Waals surface area contributed by atoms with Crippen molar-refractivity contribution in [2.24, 2.45) is 5.92 Å². The van der Waals surface area contributed by atoms with Crippen LogP contribution in [0.25, 0.3) is 0 Å². The zero-order chi connectivity index (χ0) is 13.8. The Morgan fingerprint density at radius 3 is 2.68 bits per heavy atom. The number of esters is 1. The molecule has 5 heteroatoms. The molecule has 1 atom stereocenters. The van der Waals surface area contributed by atoms with E-state index in [4.69, 9.17) is 4.74 Å². The molecule has 5 nitrogen and oxygen atoms in total. The third-order valence-electron chi connectivity index (χ3n) is 3.97. The summed E-state index contributed by atoms with van der Waals surface area (Å²) < 4.78 is 5.07. The number of likely N-dealkylation sites (tertiary alicyclic amines) is 1. The van der Waals surface area contributed by atoms with Crippen LogP contribution in [-0.2, 0) is 14.3 Å². The first-order chi connectivity index (χ1) is 9.11. The molecule has 0 N–H and O–H groups in total. The fourth-order valence-electron chi connectivity index (χ4n) is 2.62. The van der Waals surface area contributed by atoms with Crippen LogP contribution in [0.1, 0.15) is 32.6 Å². The topological polar surface area (TPSA) is 49.9 Å². The van der Waals surface area contributed by atoms with E-state index in [9.17, 15) is 9.59 Å². The molecule has 19 heavy (non-hydrogen) atoms. The van der Waals surface area contributed by atoms with E-state index in [1.54, 1.807) is 0 Å². The molecule has 108 valence electrons. The quantitative estimate of drug-likeness (QED) is 0.695. The van der Waals surface area contributed by atoms with Crippen LogP contribution in [0.4, 0.5) is 0 Å². The molecular formula is C14H24N2O3. The van der Waals surface area contributed by atoms with Gasteiger partial charge in [0, 0.05) is 19.6 Å². The van der Waals surface area contributed by atoms with Crippen molar-refractivity contribution in [3.63, 3.8) is 0 Å². The Bertz CT molecular complexity index is 342. The average molecular weight is 268 g/mol. The molecule has 1 saturated carbocycles. The molecule has 1 amide bonds. The van der Waals surface area contributed by atoms with Crippen LogP contribution in [0.5, 0.6) is 0 Å². The van der Waals surface area contributed by atoms with E-state index in [2.05, 4.69) is 4.90 Å². The molecular weight excluding hydrogens is 244 g/mol. The van der Waals surface area contributed by atoms with E-state index in [0.717, 1.165) is 32.2 Å². The smallest absolute Gasteiger partial charge is 0.310 e. The predicted molar refractivity (Wildman–Crippen MR) is 71.6 cm³/mol. The molecule has 0 radical (unpaired) electrons. The maximum absolute atomic E-state index is 12.1. The summed E-state index contributed by atoms with van der Waals surface area (Å²) in [5.74, 6) is -0.00469. The molecule has 2 rings (SSSR count). The zero-order valence-electron chi connectivity index (χ0n) is 11.9. The van der Waals surface area contributed by atoms with Crippen LogP contribution in [0.15, 0.2) is 0 Å². The molecule has 0 bridgehead atoms. The summed E-state index contributed by atoms with van der Waals surface area (Å²) in [6, 6.07) is 0.457. The molecule has 0 unspecified atom stereocenters. The van der Waals surface area contributed by atoms with Crippen LogP contribution in [0.3, 0.4) is 0 Å². The number of hydrogen-bond donors (Lipinski definition) is 0. The minimum atomic E-state index is -0.116. The maximum atomic E-state index is 12.1. The number of rotatable bonds is 5. The number of nitrogens with zero attached hydrogens (tertiary/aromatic N) is 2. The summed E-state index contributed by atoms with van der Waals surface area (Å²) in [7, 11) is 1.88. The van der Waals surface area contributed by atoms with Crippen LogP contribution in [0.2, 0.25) is 0 Å². The van der Waals surface area contributed by atoms with Gasteiger partial charge in [0.1, 0.15) is 0 Å². The molecule has 2 aliphatic rings. The second-order valence-electron chi connectivity index (χ2n) is 5.56. The minimum absolute atomic E-state index is 0.0623. The number of amides is 1. The lowest BCUT2D eigenvalue weighted by atomic mass is 9.98. The molecule has 1 saturated heterocycles. The van der Waals surface area contributed by atoms with Crippen molar-refractivity contribution in [3.05, 3.63) is 0 Å². The molecule has 1 aliphatic heterocycles. The van der Waals surface area contributed by atoms with Gasteiger partial charge in [0.15, 0.2) is 0 Å². The summed E-state index contributed by atoms with van der Waals surface area (Å²) in [5, 5.41) is 0. The van der Waals surface area contributed by atoms with Crippen LogP contribution in [-0.4, -0.2) is 61.0 Å². The Balaban J connectivity index is 1.80. The van der Waals surface area contributed by atoms with Crippen molar-refractivity contribution in [2.45, 2.75) is 38.6 Å². The Morgan fingerprint density at radius 2 is 2.05 bits per heavy atom. The Hall–Kier alpha value is -1.10. The van der Waals surface area contributed by atoms with Crippen molar-refractivity contribution in [1.29, 1.82) is 0 Å². The first-order valence-corrected chi connectivity index (χ1v) is 7.26. The monoisotopic (exact) mass is 268 g/mol. The first-order valence-electron chi connectivity index (χ1n) is 7.26. The summed E-state index contributed by atoms with van der Waals surface area (Å²) in [5.41, 5.74) is 0. The Morgan fingerprint density at radius 1 is 1.32 bits per heavy atom. The number of piperidine rings is 1. The highest BCUT2D eigenvalue weighted by Gasteiger charge is 2.32. The molecule has 2 fully saturated rings. The SMILES string of the molecule is CCOC(=O)[C@@H]1CCCN(CC(=O)N(C)C2CC2)C1. The maximum Gasteiger partial charge on any atom is 0.310 e. The number of likely N-dealkylation sites (N-methyl/N-ethyl adjacent to an activating group) is 1. The highest BCUT2D eigenvalue weighted by Crippen LogP contribution is 2.25. The minimum Gasteiger partial charge on any atom is -0.466 e. The van der Waals surface area contributed by atoms with E-state index >= 15 is 0 Å². The first kappa shape index (κ1) is 14.3. The van der Waals surface area contributed by atoms with Gasteiger partial charge in [0.25, 0.3) is 0 Å². The van der Waals surface area contributed by atoms with Crippen LogP contribution < -0.4 is 0 Å².